The van der Waals surface area contributed by atoms with Crippen LogP contribution in [0, 0.1) is 0 Å². The lowest BCUT2D eigenvalue weighted by Crippen LogP contribution is -1.96. The van der Waals surface area contributed by atoms with Crippen molar-refractivity contribution >= 4 is 17.3 Å². The average molecular weight is 158 g/mol. The van der Waals surface area contributed by atoms with Crippen molar-refractivity contribution in [2.24, 2.45) is 0 Å². The third-order valence-corrected chi connectivity index (χ3v) is 1.52. The van der Waals surface area contributed by atoms with Gasteiger partial charge in [0.1, 0.15) is 5.15 Å². The van der Waals surface area contributed by atoms with E-state index in [0.29, 0.717) is 17.4 Å². The minimum absolute atomic E-state index is 0.472. The van der Waals surface area contributed by atoms with E-state index in [0.717, 1.165) is 0 Å². The Bertz CT molecular complexity index is 241. The van der Waals surface area contributed by atoms with Crippen molar-refractivity contribution in [3.05, 3.63) is 24.0 Å². The van der Waals surface area contributed by atoms with Gasteiger partial charge in [-0.15, -0.1) is 6.58 Å². The van der Waals surface area contributed by atoms with E-state index in [1.165, 1.54) is 6.20 Å². The predicted molar refractivity (Wildman–Crippen MR) is 41.8 cm³/mol. The summed E-state index contributed by atoms with van der Waals surface area (Å²) in [6, 6.07) is 0. The summed E-state index contributed by atoms with van der Waals surface area (Å²) in [4.78, 5) is 0. The van der Waals surface area contributed by atoms with Crippen molar-refractivity contribution in [3.63, 3.8) is 0 Å². The van der Waals surface area contributed by atoms with Gasteiger partial charge in [-0.25, -0.2) is 4.68 Å². The van der Waals surface area contributed by atoms with Crippen LogP contribution in [-0.4, -0.2) is 9.78 Å². The molecule has 0 aliphatic carbocycles. The normalized spacial score (nSPS) is 9.70. The zero-order chi connectivity index (χ0) is 7.56. The fourth-order valence-corrected chi connectivity index (χ4v) is 0.796. The van der Waals surface area contributed by atoms with Gasteiger partial charge in [0.15, 0.2) is 0 Å². The molecular weight excluding hydrogens is 150 g/mol. The quantitative estimate of drug-likeness (QED) is 0.658. The Hall–Kier alpha value is -0.960. The summed E-state index contributed by atoms with van der Waals surface area (Å²) in [6.07, 6.45) is 3.23. The third-order valence-electron chi connectivity index (χ3n) is 1.10. The standard InChI is InChI=1S/C6H8ClN3/c1-2-3-10-6(7)5(8)4-9-10/h2,4H,1,3,8H2. The van der Waals surface area contributed by atoms with Crippen LogP contribution in [0.25, 0.3) is 0 Å². The lowest BCUT2D eigenvalue weighted by atomic mass is 10.6. The Labute approximate surface area is 64.1 Å². The van der Waals surface area contributed by atoms with E-state index >= 15 is 0 Å². The first-order chi connectivity index (χ1) is 4.75. The number of halogens is 1. The molecule has 0 amide bonds. The molecule has 3 nitrogen and oxygen atoms in total. The molecule has 1 rings (SSSR count). The molecule has 0 fully saturated rings. The van der Waals surface area contributed by atoms with E-state index in [-0.39, 0.29) is 0 Å². The molecule has 0 atom stereocenters. The topological polar surface area (TPSA) is 43.8 Å². The summed E-state index contributed by atoms with van der Waals surface area (Å²) in [7, 11) is 0. The summed E-state index contributed by atoms with van der Waals surface area (Å²) >= 11 is 5.72. The molecule has 0 bridgehead atoms. The van der Waals surface area contributed by atoms with E-state index in [1.807, 2.05) is 0 Å². The Kier molecular flexibility index (Phi) is 1.97. The maximum atomic E-state index is 5.72. The lowest BCUT2D eigenvalue weighted by molar-refractivity contribution is 0.704. The van der Waals surface area contributed by atoms with Crippen LogP contribution < -0.4 is 5.73 Å². The fraction of sp³-hybridized carbons (Fsp3) is 0.167. The molecular formula is C6H8ClN3. The van der Waals surface area contributed by atoms with E-state index in [1.54, 1.807) is 10.8 Å². The molecule has 0 saturated carbocycles. The SMILES string of the molecule is C=CCn1ncc(N)c1Cl. The number of anilines is 1. The Morgan fingerprint density at radius 1 is 1.90 bits per heavy atom. The van der Waals surface area contributed by atoms with Gasteiger partial charge in [0, 0.05) is 0 Å². The van der Waals surface area contributed by atoms with Gasteiger partial charge >= 0.3 is 0 Å². The second-order valence-electron chi connectivity index (χ2n) is 1.86. The maximum absolute atomic E-state index is 5.72. The number of aromatic nitrogens is 2. The van der Waals surface area contributed by atoms with Gasteiger partial charge in [-0.3, -0.25) is 0 Å². The molecule has 54 valence electrons. The predicted octanol–water partition coefficient (Wildman–Crippen LogP) is 1.30. The van der Waals surface area contributed by atoms with Gasteiger partial charge < -0.3 is 5.73 Å². The molecule has 0 saturated heterocycles. The van der Waals surface area contributed by atoms with Crippen LogP contribution in [0.1, 0.15) is 0 Å². The number of nitrogens with zero attached hydrogens (tertiary/aromatic N) is 2. The average Bonchev–Trinajstić information content (AvgIpc) is 2.20. The zero-order valence-corrected chi connectivity index (χ0v) is 6.17. The van der Waals surface area contributed by atoms with Crippen LogP contribution in [-0.2, 0) is 6.54 Å². The number of nitrogen functional groups attached to an aromatic ring is 1. The largest absolute Gasteiger partial charge is 0.395 e. The number of nitrogens with two attached hydrogens (primary N) is 1. The molecule has 0 spiro atoms. The zero-order valence-electron chi connectivity index (χ0n) is 5.42. The van der Waals surface area contributed by atoms with Crippen molar-refractivity contribution in [3.8, 4) is 0 Å². The molecule has 10 heavy (non-hydrogen) atoms. The maximum Gasteiger partial charge on any atom is 0.150 e. The van der Waals surface area contributed by atoms with Gasteiger partial charge in [0.05, 0.1) is 18.4 Å². The van der Waals surface area contributed by atoms with Crippen LogP contribution in [0.15, 0.2) is 18.9 Å². The number of allylic oxidation sites excluding steroid dienone is 1. The lowest BCUT2D eigenvalue weighted by Gasteiger charge is -1.95. The molecule has 4 heteroatoms. The number of hydrogen-bond acceptors (Lipinski definition) is 2. The summed E-state index contributed by atoms with van der Waals surface area (Å²) in [5.74, 6) is 0. The molecule has 0 aliphatic heterocycles. The van der Waals surface area contributed by atoms with Crippen molar-refractivity contribution < 1.29 is 0 Å². The molecule has 1 aromatic rings. The Morgan fingerprint density at radius 3 is 3.00 bits per heavy atom. The van der Waals surface area contributed by atoms with Gasteiger partial charge in [0.25, 0.3) is 0 Å². The highest BCUT2D eigenvalue weighted by atomic mass is 35.5. The molecule has 1 aromatic heterocycles. The molecule has 2 N–H and O–H groups in total. The smallest absolute Gasteiger partial charge is 0.150 e. The highest BCUT2D eigenvalue weighted by Crippen LogP contribution is 2.16. The van der Waals surface area contributed by atoms with Gasteiger partial charge in [-0.2, -0.15) is 5.10 Å². The van der Waals surface area contributed by atoms with Gasteiger partial charge in [0.2, 0.25) is 0 Å². The van der Waals surface area contributed by atoms with Crippen LogP contribution in [0.4, 0.5) is 5.69 Å². The Balaban J connectivity index is 2.93. The summed E-state index contributed by atoms with van der Waals surface area (Å²) in [5, 5.41) is 4.37. The van der Waals surface area contributed by atoms with E-state index in [9.17, 15) is 0 Å². The molecule has 0 unspecified atom stereocenters. The number of hydrogen-bond donors (Lipinski definition) is 1. The molecule has 1 heterocycles. The highest BCUT2D eigenvalue weighted by molar-refractivity contribution is 6.31. The van der Waals surface area contributed by atoms with Crippen LogP contribution in [0.2, 0.25) is 5.15 Å². The summed E-state index contributed by atoms with van der Waals surface area (Å²) in [5.41, 5.74) is 5.92. The molecule has 0 aromatic carbocycles. The van der Waals surface area contributed by atoms with Crippen molar-refractivity contribution in [2.75, 3.05) is 5.73 Å². The monoisotopic (exact) mass is 157 g/mol. The van der Waals surface area contributed by atoms with E-state index in [4.69, 9.17) is 17.3 Å². The van der Waals surface area contributed by atoms with E-state index < -0.39 is 0 Å². The number of rotatable bonds is 2. The van der Waals surface area contributed by atoms with Gasteiger partial charge in [-0.05, 0) is 0 Å². The van der Waals surface area contributed by atoms with Crippen LogP contribution in [0.3, 0.4) is 0 Å². The van der Waals surface area contributed by atoms with Crippen molar-refractivity contribution in [2.45, 2.75) is 6.54 Å². The minimum atomic E-state index is 0.472. The van der Waals surface area contributed by atoms with Gasteiger partial charge in [-0.1, -0.05) is 17.7 Å². The summed E-state index contributed by atoms with van der Waals surface area (Å²) < 4.78 is 1.57. The minimum Gasteiger partial charge on any atom is -0.395 e. The van der Waals surface area contributed by atoms with Crippen molar-refractivity contribution in [1.82, 2.24) is 9.78 Å². The summed E-state index contributed by atoms with van der Waals surface area (Å²) in [6.45, 7) is 4.14. The second-order valence-corrected chi connectivity index (χ2v) is 2.22. The first-order valence-electron chi connectivity index (χ1n) is 2.83. The second kappa shape index (κ2) is 2.75. The van der Waals surface area contributed by atoms with Crippen molar-refractivity contribution in [1.29, 1.82) is 0 Å². The van der Waals surface area contributed by atoms with Crippen LogP contribution in [0.5, 0.6) is 0 Å². The first kappa shape index (κ1) is 7.15. The van der Waals surface area contributed by atoms with E-state index in [2.05, 4.69) is 11.7 Å². The van der Waals surface area contributed by atoms with Crippen LogP contribution >= 0.6 is 11.6 Å². The first-order valence-corrected chi connectivity index (χ1v) is 3.21. The Morgan fingerprint density at radius 2 is 2.60 bits per heavy atom. The fourth-order valence-electron chi connectivity index (χ4n) is 0.634. The third kappa shape index (κ3) is 1.14. The molecule has 0 aliphatic rings. The highest BCUT2D eigenvalue weighted by Gasteiger charge is 2.01. The molecule has 0 radical (unpaired) electrons.